The Bertz CT molecular complexity index is 916. The summed E-state index contributed by atoms with van der Waals surface area (Å²) in [5, 5.41) is 12.6. The Morgan fingerprint density at radius 3 is 2.77 bits per heavy atom. The SMILES string of the molecule is [2H]C[C@H]1C=C[C@@H](n2cc(C)c(NC(=O)c3ccccc3)nc2=O)[C@H](F)[C@@H]1O. The summed E-state index contributed by atoms with van der Waals surface area (Å²) in [6, 6.07) is 7.48. The van der Waals surface area contributed by atoms with E-state index in [1.54, 1.807) is 43.3 Å². The number of aliphatic hydroxyl groups is 1. The minimum Gasteiger partial charge on any atom is -0.389 e. The summed E-state index contributed by atoms with van der Waals surface area (Å²) in [5.74, 6) is -0.909. The fourth-order valence-corrected chi connectivity index (χ4v) is 2.84. The maximum Gasteiger partial charge on any atom is 0.350 e. The number of benzene rings is 1. The predicted octanol–water partition coefficient (Wildman–Crippen LogP) is 2.25. The van der Waals surface area contributed by atoms with Crippen molar-refractivity contribution in [2.24, 2.45) is 5.92 Å². The van der Waals surface area contributed by atoms with Gasteiger partial charge in [-0.05, 0) is 19.1 Å². The highest BCUT2D eigenvalue weighted by molar-refractivity contribution is 6.03. The Balaban J connectivity index is 1.88. The summed E-state index contributed by atoms with van der Waals surface area (Å²) in [6.45, 7) is 1.51. The minimum absolute atomic E-state index is 0.102. The van der Waals surface area contributed by atoms with Crippen molar-refractivity contribution >= 4 is 11.7 Å². The summed E-state index contributed by atoms with van der Waals surface area (Å²) in [6.07, 6.45) is 1.34. The van der Waals surface area contributed by atoms with E-state index in [9.17, 15) is 19.1 Å². The molecule has 1 aromatic heterocycles. The standard InChI is InChI=1S/C19H20FN3O3/c1-11-8-9-14(15(20)16(11)24)23-10-12(2)17(22-19(23)26)21-18(25)13-6-4-3-5-7-13/h3-11,14-16,24H,1-2H3,(H,21,22,25,26)/t11-,14+,15-,16+/m0/s1/i1D. The second-order valence-electron chi connectivity index (χ2n) is 6.26. The molecule has 1 heterocycles. The van der Waals surface area contributed by atoms with Gasteiger partial charge in [0.2, 0.25) is 0 Å². The van der Waals surface area contributed by atoms with Gasteiger partial charge in [-0.1, -0.05) is 37.3 Å². The van der Waals surface area contributed by atoms with E-state index >= 15 is 0 Å². The number of nitrogens with one attached hydrogen (secondary N) is 1. The Kier molecular flexibility index (Phi) is 4.62. The smallest absolute Gasteiger partial charge is 0.350 e. The van der Waals surface area contributed by atoms with Crippen LogP contribution in [0.15, 0.2) is 53.5 Å². The first-order valence-electron chi connectivity index (χ1n) is 8.89. The molecule has 1 aliphatic carbocycles. The quantitative estimate of drug-likeness (QED) is 0.825. The molecule has 0 fully saturated rings. The third kappa shape index (κ3) is 3.43. The van der Waals surface area contributed by atoms with Crippen LogP contribution < -0.4 is 11.0 Å². The van der Waals surface area contributed by atoms with Gasteiger partial charge in [0.05, 0.1) is 12.1 Å². The van der Waals surface area contributed by atoms with Crippen molar-refractivity contribution in [1.82, 2.24) is 9.55 Å². The van der Waals surface area contributed by atoms with Crippen LogP contribution in [0.2, 0.25) is 0 Å². The number of aliphatic hydroxyl groups excluding tert-OH is 1. The van der Waals surface area contributed by atoms with E-state index in [1.165, 1.54) is 12.3 Å². The number of nitrogens with zero attached hydrogens (tertiary/aromatic N) is 2. The number of carbonyl (C=O) groups excluding carboxylic acids is 1. The molecule has 2 N–H and O–H groups in total. The lowest BCUT2D eigenvalue weighted by atomic mass is 9.89. The average molecular weight is 358 g/mol. The first-order valence-corrected chi connectivity index (χ1v) is 8.18. The highest BCUT2D eigenvalue weighted by Crippen LogP contribution is 2.29. The van der Waals surface area contributed by atoms with Crippen LogP contribution in [-0.2, 0) is 0 Å². The molecule has 3 rings (SSSR count). The van der Waals surface area contributed by atoms with E-state index in [-0.39, 0.29) is 12.7 Å². The first-order chi connectivity index (χ1) is 12.9. The van der Waals surface area contributed by atoms with Gasteiger partial charge in [0.25, 0.3) is 5.91 Å². The highest BCUT2D eigenvalue weighted by atomic mass is 19.1. The number of halogens is 1. The number of hydrogen-bond donors (Lipinski definition) is 2. The van der Waals surface area contributed by atoms with Crippen molar-refractivity contribution in [3.63, 3.8) is 0 Å². The number of allylic oxidation sites excluding steroid dienone is 1. The summed E-state index contributed by atoms with van der Waals surface area (Å²) in [5.41, 5.74) is 0.167. The van der Waals surface area contributed by atoms with Gasteiger partial charge in [-0.25, -0.2) is 9.18 Å². The molecule has 1 aromatic carbocycles. The van der Waals surface area contributed by atoms with Gasteiger partial charge >= 0.3 is 5.69 Å². The Hall–Kier alpha value is -2.80. The van der Waals surface area contributed by atoms with Gasteiger partial charge in [-0.2, -0.15) is 4.98 Å². The molecule has 26 heavy (non-hydrogen) atoms. The van der Waals surface area contributed by atoms with E-state index in [4.69, 9.17) is 1.37 Å². The van der Waals surface area contributed by atoms with Crippen molar-refractivity contribution in [3.8, 4) is 0 Å². The van der Waals surface area contributed by atoms with Gasteiger partial charge in [-0.15, -0.1) is 0 Å². The van der Waals surface area contributed by atoms with E-state index < -0.39 is 35.8 Å². The lowest BCUT2D eigenvalue weighted by Gasteiger charge is -2.31. The Labute approximate surface area is 151 Å². The third-order valence-corrected chi connectivity index (χ3v) is 4.37. The molecule has 0 radical (unpaired) electrons. The summed E-state index contributed by atoms with van der Waals surface area (Å²) < 4.78 is 23.0. The normalized spacial score (nSPS) is 25.6. The molecule has 1 aliphatic rings. The molecule has 0 bridgehead atoms. The minimum atomic E-state index is -1.73. The third-order valence-electron chi connectivity index (χ3n) is 4.37. The molecule has 0 saturated heterocycles. The fraction of sp³-hybridized carbons (Fsp3) is 0.316. The number of anilines is 1. The number of alkyl halides is 1. The summed E-state index contributed by atoms with van der Waals surface area (Å²) >= 11 is 0. The number of rotatable bonds is 3. The summed E-state index contributed by atoms with van der Waals surface area (Å²) in [4.78, 5) is 28.5. The number of hydrogen-bond acceptors (Lipinski definition) is 4. The van der Waals surface area contributed by atoms with Gasteiger partial charge in [0, 0.05) is 24.6 Å². The van der Waals surface area contributed by atoms with E-state index in [2.05, 4.69) is 10.3 Å². The Morgan fingerprint density at radius 1 is 1.35 bits per heavy atom. The molecule has 7 heteroatoms. The second kappa shape index (κ2) is 7.21. The largest absolute Gasteiger partial charge is 0.389 e. The lowest BCUT2D eigenvalue weighted by molar-refractivity contribution is 0.0229. The molecule has 1 amide bonds. The molecule has 0 saturated carbocycles. The van der Waals surface area contributed by atoms with Crippen molar-refractivity contribution in [3.05, 3.63) is 70.3 Å². The number of amides is 1. The lowest BCUT2D eigenvalue weighted by Crippen LogP contribution is -2.41. The maximum absolute atomic E-state index is 14.6. The molecule has 4 atom stereocenters. The topological polar surface area (TPSA) is 84.2 Å². The van der Waals surface area contributed by atoms with Crippen molar-refractivity contribution in [1.29, 1.82) is 0 Å². The Morgan fingerprint density at radius 2 is 2.08 bits per heavy atom. The van der Waals surface area contributed by atoms with Crippen molar-refractivity contribution in [2.45, 2.75) is 32.1 Å². The molecule has 2 aromatic rings. The average Bonchev–Trinajstić information content (AvgIpc) is 2.67. The van der Waals surface area contributed by atoms with Crippen molar-refractivity contribution < 1.29 is 15.7 Å². The van der Waals surface area contributed by atoms with Crippen LogP contribution in [0.4, 0.5) is 10.2 Å². The second-order valence-corrected chi connectivity index (χ2v) is 6.26. The van der Waals surface area contributed by atoms with Crippen LogP contribution >= 0.6 is 0 Å². The van der Waals surface area contributed by atoms with Crippen LogP contribution in [0.5, 0.6) is 0 Å². The monoisotopic (exact) mass is 358 g/mol. The van der Waals surface area contributed by atoms with Crippen LogP contribution in [0, 0.1) is 12.8 Å². The molecular formula is C19H20FN3O3. The van der Waals surface area contributed by atoms with E-state index in [0.29, 0.717) is 11.1 Å². The number of aryl methyl sites for hydroxylation is 1. The highest BCUT2D eigenvalue weighted by Gasteiger charge is 2.35. The van der Waals surface area contributed by atoms with Crippen LogP contribution in [0.3, 0.4) is 0 Å². The van der Waals surface area contributed by atoms with E-state index in [0.717, 1.165) is 4.57 Å². The van der Waals surface area contributed by atoms with Crippen LogP contribution in [0.25, 0.3) is 0 Å². The predicted molar refractivity (Wildman–Crippen MR) is 95.9 cm³/mol. The molecule has 6 nitrogen and oxygen atoms in total. The maximum atomic E-state index is 14.6. The zero-order valence-corrected chi connectivity index (χ0v) is 14.2. The molecule has 0 aliphatic heterocycles. The molecule has 136 valence electrons. The molecule has 0 unspecified atom stereocenters. The van der Waals surface area contributed by atoms with Crippen LogP contribution in [0.1, 0.15) is 30.2 Å². The number of aromatic nitrogens is 2. The van der Waals surface area contributed by atoms with E-state index in [1.807, 2.05) is 0 Å². The van der Waals surface area contributed by atoms with Gasteiger partial charge in [0.1, 0.15) is 5.82 Å². The molecule has 0 spiro atoms. The summed E-state index contributed by atoms with van der Waals surface area (Å²) in [7, 11) is 0. The van der Waals surface area contributed by atoms with Crippen LogP contribution in [-0.4, -0.2) is 32.8 Å². The van der Waals surface area contributed by atoms with Gasteiger partial charge < -0.3 is 10.4 Å². The fourth-order valence-electron chi connectivity index (χ4n) is 2.84. The zero-order valence-electron chi connectivity index (χ0n) is 15.2. The first kappa shape index (κ1) is 16.7. The van der Waals surface area contributed by atoms with Crippen molar-refractivity contribution in [2.75, 3.05) is 5.32 Å². The zero-order chi connectivity index (χ0) is 19.6. The van der Waals surface area contributed by atoms with Gasteiger partial charge in [-0.3, -0.25) is 9.36 Å². The molecular weight excluding hydrogens is 337 g/mol. The van der Waals surface area contributed by atoms with Gasteiger partial charge in [0.15, 0.2) is 6.17 Å². The number of carbonyl (C=O) groups is 1.